The van der Waals surface area contributed by atoms with Crippen molar-refractivity contribution in [2.24, 2.45) is 0 Å². The van der Waals surface area contributed by atoms with Crippen LogP contribution in [0.3, 0.4) is 0 Å². The maximum atomic E-state index is 2.44. The van der Waals surface area contributed by atoms with Crippen LogP contribution < -0.4 is 4.90 Å². The topological polar surface area (TPSA) is 3.24 Å². The Bertz CT molecular complexity index is 3980. The van der Waals surface area contributed by atoms with Crippen molar-refractivity contribution in [3.8, 4) is 44.5 Å². The zero-order chi connectivity index (χ0) is 43.6. The molecule has 0 fully saturated rings. The van der Waals surface area contributed by atoms with Crippen LogP contribution in [-0.2, 0) is 0 Å². The Morgan fingerprint density at radius 1 is 0.258 bits per heavy atom. The summed E-state index contributed by atoms with van der Waals surface area (Å²) in [5.74, 6) is 0. The van der Waals surface area contributed by atoms with Crippen molar-refractivity contribution in [2.75, 3.05) is 4.90 Å². The van der Waals surface area contributed by atoms with Gasteiger partial charge in [0.05, 0.1) is 0 Å². The monoisotopic (exact) mass is 855 g/mol. The van der Waals surface area contributed by atoms with Crippen LogP contribution in [0.2, 0.25) is 0 Å². The lowest BCUT2D eigenvalue weighted by atomic mass is 9.85. The standard InChI is InChI=1S/C64H41NS/c1-3-17-44(18-4-1)62-58-26-10-9-24-54(58)56-39-37-49(41-60(56)63(62)45-19-5-2-6-20-45)65(48-22-13-21-46(40-48)52-28-15-30-59-57-25-11-12-31-61(57)66-64(52)59)47-35-32-43(33-36-47)51-27-14-29-53-50-23-8-7-16-42(50)34-38-55(51)53/h1-41H. The molecule has 0 saturated carbocycles. The van der Waals surface area contributed by atoms with Crippen LogP contribution in [-0.4, -0.2) is 0 Å². The molecule has 0 aliphatic rings. The maximum absolute atomic E-state index is 2.44. The van der Waals surface area contributed by atoms with Gasteiger partial charge >= 0.3 is 0 Å². The fourth-order valence-electron chi connectivity index (χ4n) is 10.4. The number of hydrogen-bond acceptors (Lipinski definition) is 2. The molecular formula is C64H41NS. The average Bonchev–Trinajstić information content (AvgIpc) is 3.78. The molecular weight excluding hydrogens is 815 g/mol. The Hall–Kier alpha value is -8.30. The minimum absolute atomic E-state index is 1.09. The highest BCUT2D eigenvalue weighted by Gasteiger charge is 2.21. The van der Waals surface area contributed by atoms with Gasteiger partial charge in [-0.25, -0.2) is 0 Å². The third-order valence-corrected chi connectivity index (χ3v) is 14.7. The van der Waals surface area contributed by atoms with Crippen LogP contribution >= 0.6 is 11.3 Å². The van der Waals surface area contributed by atoms with Gasteiger partial charge in [-0.1, -0.05) is 206 Å². The first kappa shape index (κ1) is 38.2. The zero-order valence-electron chi connectivity index (χ0n) is 36.0. The van der Waals surface area contributed by atoms with E-state index in [9.17, 15) is 0 Å². The molecule has 66 heavy (non-hydrogen) atoms. The Morgan fingerprint density at radius 3 is 1.58 bits per heavy atom. The number of rotatable bonds is 7. The van der Waals surface area contributed by atoms with Crippen molar-refractivity contribution in [1.82, 2.24) is 0 Å². The number of nitrogens with zero attached hydrogens (tertiary/aromatic N) is 1. The number of anilines is 3. The van der Waals surface area contributed by atoms with Crippen LogP contribution in [0, 0.1) is 0 Å². The molecule has 1 heterocycles. The molecule has 0 aliphatic carbocycles. The maximum Gasteiger partial charge on any atom is 0.0468 e. The third-order valence-electron chi connectivity index (χ3n) is 13.4. The summed E-state index contributed by atoms with van der Waals surface area (Å²) in [6.07, 6.45) is 0. The van der Waals surface area contributed by atoms with Gasteiger partial charge in [0.25, 0.3) is 0 Å². The summed E-state index contributed by atoms with van der Waals surface area (Å²) in [6.45, 7) is 0. The Balaban J connectivity index is 1.04. The van der Waals surface area contributed by atoms with Gasteiger partial charge < -0.3 is 4.90 Å². The predicted octanol–water partition coefficient (Wildman–Crippen LogP) is 18.8. The molecule has 2 heteroatoms. The second-order valence-corrected chi connectivity index (χ2v) is 18.2. The van der Waals surface area contributed by atoms with Gasteiger partial charge in [0.1, 0.15) is 0 Å². The second kappa shape index (κ2) is 15.7. The van der Waals surface area contributed by atoms with Crippen molar-refractivity contribution < 1.29 is 0 Å². The summed E-state index contributed by atoms with van der Waals surface area (Å²) >= 11 is 1.88. The fraction of sp³-hybridized carbons (Fsp3) is 0. The van der Waals surface area contributed by atoms with Crippen molar-refractivity contribution in [3.63, 3.8) is 0 Å². The van der Waals surface area contributed by atoms with E-state index in [1.807, 2.05) is 11.3 Å². The van der Waals surface area contributed by atoms with E-state index in [-0.39, 0.29) is 0 Å². The molecule has 1 aromatic heterocycles. The van der Waals surface area contributed by atoms with Crippen LogP contribution in [0.1, 0.15) is 0 Å². The van der Waals surface area contributed by atoms with Gasteiger partial charge in [0.2, 0.25) is 0 Å². The van der Waals surface area contributed by atoms with E-state index in [2.05, 4.69) is 254 Å². The van der Waals surface area contributed by atoms with E-state index in [4.69, 9.17) is 0 Å². The number of hydrogen-bond donors (Lipinski definition) is 0. The average molecular weight is 856 g/mol. The van der Waals surface area contributed by atoms with Crippen LogP contribution in [0.25, 0.3) is 108 Å². The van der Waals surface area contributed by atoms with Gasteiger partial charge in [-0.15, -0.1) is 11.3 Å². The first-order valence-corrected chi connectivity index (χ1v) is 23.5. The molecule has 0 unspecified atom stereocenters. The van der Waals surface area contributed by atoms with Gasteiger partial charge in [0.15, 0.2) is 0 Å². The molecule has 0 radical (unpaired) electrons. The summed E-state index contributed by atoms with van der Waals surface area (Å²) in [6, 6.07) is 91.6. The van der Waals surface area contributed by atoms with Gasteiger partial charge in [0, 0.05) is 37.2 Å². The van der Waals surface area contributed by atoms with E-state index in [0.29, 0.717) is 0 Å². The Morgan fingerprint density at radius 2 is 0.788 bits per heavy atom. The highest BCUT2D eigenvalue weighted by molar-refractivity contribution is 7.26. The molecule has 0 N–H and O–H groups in total. The van der Waals surface area contributed by atoms with Gasteiger partial charge in [-0.2, -0.15) is 0 Å². The zero-order valence-corrected chi connectivity index (χ0v) is 36.8. The Kier molecular flexibility index (Phi) is 9.11. The van der Waals surface area contributed by atoms with E-state index in [0.717, 1.165) is 17.1 Å². The van der Waals surface area contributed by atoms with Gasteiger partial charge in [-0.3, -0.25) is 0 Å². The predicted molar refractivity (Wildman–Crippen MR) is 286 cm³/mol. The van der Waals surface area contributed by atoms with Crippen LogP contribution in [0.5, 0.6) is 0 Å². The summed E-state index contributed by atoms with van der Waals surface area (Å²) in [5.41, 5.74) is 13.0. The van der Waals surface area contributed by atoms with Gasteiger partial charge in [-0.05, 0) is 130 Å². The number of fused-ring (bicyclic) bond motifs is 9. The summed E-state index contributed by atoms with van der Waals surface area (Å²) < 4.78 is 2.62. The number of thiophene rings is 1. The van der Waals surface area contributed by atoms with Crippen LogP contribution in [0.4, 0.5) is 17.1 Å². The summed E-state index contributed by atoms with van der Waals surface area (Å²) in [4.78, 5) is 2.44. The largest absolute Gasteiger partial charge is 0.310 e. The van der Waals surface area contributed by atoms with Crippen molar-refractivity contribution in [3.05, 3.63) is 249 Å². The van der Waals surface area contributed by atoms with E-state index < -0.39 is 0 Å². The van der Waals surface area contributed by atoms with Crippen molar-refractivity contribution >= 4 is 91.7 Å². The van der Waals surface area contributed by atoms with Crippen molar-refractivity contribution in [1.29, 1.82) is 0 Å². The minimum atomic E-state index is 1.09. The quantitative estimate of drug-likeness (QED) is 0.144. The lowest BCUT2D eigenvalue weighted by molar-refractivity contribution is 1.29. The molecule has 0 atom stereocenters. The van der Waals surface area contributed by atoms with Crippen molar-refractivity contribution in [2.45, 2.75) is 0 Å². The lowest BCUT2D eigenvalue weighted by Gasteiger charge is -2.27. The highest BCUT2D eigenvalue weighted by Crippen LogP contribution is 2.48. The first-order valence-electron chi connectivity index (χ1n) is 22.7. The molecule has 12 aromatic carbocycles. The minimum Gasteiger partial charge on any atom is -0.310 e. The van der Waals surface area contributed by atoms with Crippen LogP contribution in [0.15, 0.2) is 249 Å². The summed E-state index contributed by atoms with van der Waals surface area (Å²) in [7, 11) is 0. The Labute approximate surface area is 387 Å². The normalized spacial score (nSPS) is 11.6. The number of benzene rings is 12. The second-order valence-electron chi connectivity index (χ2n) is 17.2. The fourth-order valence-corrected chi connectivity index (χ4v) is 11.7. The highest BCUT2D eigenvalue weighted by atomic mass is 32.1. The molecule has 0 bridgehead atoms. The summed E-state index contributed by atoms with van der Waals surface area (Å²) in [5, 5.41) is 12.6. The SMILES string of the molecule is c1ccc(-c2c(-c3ccccc3)c3cc(N(c4ccc(-c5cccc6c5ccc5ccccc56)cc4)c4cccc(-c5cccc6c5sc5ccccc56)c4)ccc3c3ccccc23)cc1. The molecule has 13 aromatic rings. The van der Waals surface area contributed by atoms with E-state index >= 15 is 0 Å². The lowest BCUT2D eigenvalue weighted by Crippen LogP contribution is -2.10. The molecule has 0 aliphatic heterocycles. The van der Waals surface area contributed by atoms with E-state index in [1.165, 1.54) is 108 Å². The molecule has 0 saturated heterocycles. The third kappa shape index (κ3) is 6.30. The first-order chi connectivity index (χ1) is 32.7. The molecule has 0 amide bonds. The molecule has 13 rings (SSSR count). The van der Waals surface area contributed by atoms with E-state index in [1.54, 1.807) is 0 Å². The molecule has 1 nitrogen and oxygen atoms in total. The molecule has 308 valence electrons. The molecule has 0 spiro atoms. The smallest absolute Gasteiger partial charge is 0.0468 e.